The fourth-order valence-corrected chi connectivity index (χ4v) is 4.25. The molecule has 1 fully saturated rings. The number of ether oxygens (including phenoxy) is 2. The van der Waals surface area contributed by atoms with Gasteiger partial charge in [-0.05, 0) is 52.0 Å². The second-order valence-electron chi connectivity index (χ2n) is 10.3. The van der Waals surface area contributed by atoms with E-state index in [4.69, 9.17) is 9.47 Å². The molecule has 0 amide bonds. The van der Waals surface area contributed by atoms with E-state index in [0.29, 0.717) is 11.3 Å². The number of aliphatic carboxylic acids is 1. The molecule has 0 aliphatic carbocycles. The van der Waals surface area contributed by atoms with Gasteiger partial charge in [-0.3, -0.25) is 4.98 Å². The van der Waals surface area contributed by atoms with E-state index in [0.717, 1.165) is 48.5 Å². The van der Waals surface area contributed by atoms with Gasteiger partial charge in [0.25, 0.3) is 0 Å². The standard InChI is InChI=1S/C26H36N2O4/c1-17-21(23(24(29)30)32-25(2,3)4)22(28-14-12-26(5,6)13-15-28)19(16-27-17)18-10-8-9-11-20(18)31-7/h8-11,16,23H,12-15H2,1-7H3,(H,29,30)/t23-/m0/s1. The van der Waals surface area contributed by atoms with Crippen molar-refractivity contribution >= 4 is 11.7 Å². The molecule has 0 bridgehead atoms. The molecule has 3 rings (SSSR count). The number of rotatable bonds is 6. The summed E-state index contributed by atoms with van der Waals surface area (Å²) in [4.78, 5) is 19.4. The van der Waals surface area contributed by atoms with Gasteiger partial charge in [0, 0.05) is 41.7 Å². The number of anilines is 1. The molecule has 0 radical (unpaired) electrons. The number of hydrogen-bond acceptors (Lipinski definition) is 5. The predicted molar refractivity (Wildman–Crippen MR) is 127 cm³/mol. The summed E-state index contributed by atoms with van der Waals surface area (Å²) in [6.45, 7) is 13.7. The summed E-state index contributed by atoms with van der Waals surface area (Å²) < 4.78 is 11.7. The molecule has 1 aliphatic rings. The Labute approximate surface area is 191 Å². The van der Waals surface area contributed by atoms with E-state index < -0.39 is 17.7 Å². The monoisotopic (exact) mass is 440 g/mol. The molecule has 174 valence electrons. The third-order valence-electron chi connectivity index (χ3n) is 6.08. The Balaban J connectivity index is 2.27. The van der Waals surface area contributed by atoms with Gasteiger partial charge in [-0.1, -0.05) is 32.0 Å². The van der Waals surface area contributed by atoms with Crippen LogP contribution in [-0.2, 0) is 9.53 Å². The van der Waals surface area contributed by atoms with Crippen LogP contribution in [0.15, 0.2) is 30.5 Å². The zero-order valence-corrected chi connectivity index (χ0v) is 20.4. The summed E-state index contributed by atoms with van der Waals surface area (Å²) >= 11 is 0. The summed E-state index contributed by atoms with van der Waals surface area (Å²) in [5.41, 5.74) is 3.56. The highest BCUT2D eigenvalue weighted by Crippen LogP contribution is 2.45. The number of piperidine rings is 1. The van der Waals surface area contributed by atoms with Gasteiger partial charge in [0.15, 0.2) is 6.10 Å². The first-order valence-electron chi connectivity index (χ1n) is 11.2. The van der Waals surface area contributed by atoms with Crippen LogP contribution in [0.1, 0.15) is 64.8 Å². The molecule has 1 saturated heterocycles. The number of para-hydroxylation sites is 1. The Morgan fingerprint density at radius 2 is 1.78 bits per heavy atom. The second-order valence-corrected chi connectivity index (χ2v) is 10.3. The molecule has 1 aliphatic heterocycles. The number of carbonyl (C=O) groups is 1. The van der Waals surface area contributed by atoms with Gasteiger partial charge >= 0.3 is 5.97 Å². The van der Waals surface area contributed by atoms with Crippen LogP contribution in [0.3, 0.4) is 0 Å². The van der Waals surface area contributed by atoms with Gasteiger partial charge in [0.2, 0.25) is 0 Å². The number of nitrogens with zero attached hydrogens (tertiary/aromatic N) is 2. The van der Waals surface area contributed by atoms with E-state index in [9.17, 15) is 9.90 Å². The number of hydrogen-bond donors (Lipinski definition) is 1. The number of benzene rings is 1. The van der Waals surface area contributed by atoms with Crippen molar-refractivity contribution in [3.63, 3.8) is 0 Å². The van der Waals surface area contributed by atoms with Crippen molar-refractivity contribution < 1.29 is 19.4 Å². The van der Waals surface area contributed by atoms with Crippen molar-refractivity contribution in [2.45, 2.75) is 66.1 Å². The highest BCUT2D eigenvalue weighted by atomic mass is 16.5. The number of pyridine rings is 1. The van der Waals surface area contributed by atoms with Crippen LogP contribution in [0.2, 0.25) is 0 Å². The van der Waals surface area contributed by atoms with Crippen LogP contribution in [0.25, 0.3) is 11.1 Å². The largest absolute Gasteiger partial charge is 0.496 e. The lowest BCUT2D eigenvalue weighted by Gasteiger charge is -2.41. The predicted octanol–water partition coefficient (Wildman–Crippen LogP) is 5.63. The van der Waals surface area contributed by atoms with Crippen molar-refractivity contribution in [3.05, 3.63) is 41.7 Å². The molecule has 2 aromatic rings. The second kappa shape index (κ2) is 9.10. The molecular weight excluding hydrogens is 404 g/mol. The summed E-state index contributed by atoms with van der Waals surface area (Å²) in [5.74, 6) is -0.285. The molecule has 1 aromatic heterocycles. The minimum atomic E-state index is -1.12. The minimum Gasteiger partial charge on any atom is -0.496 e. The SMILES string of the molecule is COc1ccccc1-c1cnc(C)c([C@H](OC(C)(C)C)C(=O)O)c1N1CCC(C)(C)CC1. The van der Waals surface area contributed by atoms with Crippen molar-refractivity contribution in [1.29, 1.82) is 0 Å². The summed E-state index contributed by atoms with van der Waals surface area (Å²) in [6.07, 6.45) is 2.76. The van der Waals surface area contributed by atoms with Gasteiger partial charge in [-0.25, -0.2) is 4.79 Å². The zero-order chi connectivity index (χ0) is 23.7. The van der Waals surface area contributed by atoms with E-state index in [1.165, 1.54) is 0 Å². The molecule has 32 heavy (non-hydrogen) atoms. The Hall–Kier alpha value is -2.60. The molecule has 0 spiro atoms. The van der Waals surface area contributed by atoms with Crippen molar-refractivity contribution in [2.75, 3.05) is 25.1 Å². The average molecular weight is 441 g/mol. The lowest BCUT2D eigenvalue weighted by atomic mass is 9.82. The van der Waals surface area contributed by atoms with Gasteiger partial charge in [-0.15, -0.1) is 0 Å². The first kappa shape index (κ1) is 24.1. The number of methoxy groups -OCH3 is 1. The van der Waals surface area contributed by atoms with Crippen LogP contribution in [0, 0.1) is 12.3 Å². The first-order valence-corrected chi connectivity index (χ1v) is 11.2. The van der Waals surface area contributed by atoms with Crippen LogP contribution in [-0.4, -0.2) is 41.9 Å². The maximum Gasteiger partial charge on any atom is 0.337 e. The minimum absolute atomic E-state index is 0.261. The lowest BCUT2D eigenvalue weighted by molar-refractivity contribution is -0.160. The van der Waals surface area contributed by atoms with E-state index in [1.54, 1.807) is 7.11 Å². The summed E-state index contributed by atoms with van der Waals surface area (Å²) in [7, 11) is 1.65. The number of aromatic nitrogens is 1. The van der Waals surface area contributed by atoms with Gasteiger partial charge < -0.3 is 19.5 Å². The average Bonchev–Trinajstić information content (AvgIpc) is 2.71. The molecule has 1 atom stereocenters. The quantitative estimate of drug-likeness (QED) is 0.627. The molecule has 1 aromatic carbocycles. The van der Waals surface area contributed by atoms with Crippen molar-refractivity contribution in [3.8, 4) is 16.9 Å². The molecule has 6 nitrogen and oxygen atoms in total. The Bertz CT molecular complexity index is 968. The van der Waals surface area contributed by atoms with E-state index in [2.05, 4.69) is 23.7 Å². The number of carboxylic acids is 1. The van der Waals surface area contributed by atoms with E-state index >= 15 is 0 Å². The summed E-state index contributed by atoms with van der Waals surface area (Å²) in [6, 6.07) is 7.79. The number of aryl methyl sites for hydroxylation is 1. The molecule has 0 saturated carbocycles. The molecular formula is C26H36N2O4. The maximum absolute atomic E-state index is 12.4. The Kier molecular flexibility index (Phi) is 6.84. The van der Waals surface area contributed by atoms with Crippen LogP contribution < -0.4 is 9.64 Å². The Morgan fingerprint density at radius 1 is 1.16 bits per heavy atom. The summed E-state index contributed by atoms with van der Waals surface area (Å²) in [5, 5.41) is 10.2. The van der Waals surface area contributed by atoms with E-state index in [-0.39, 0.29) is 5.41 Å². The Morgan fingerprint density at radius 3 is 2.34 bits per heavy atom. The van der Waals surface area contributed by atoms with Crippen LogP contribution >= 0.6 is 0 Å². The highest BCUT2D eigenvalue weighted by Gasteiger charge is 2.36. The molecule has 1 N–H and O–H groups in total. The van der Waals surface area contributed by atoms with Gasteiger partial charge in [0.05, 0.1) is 18.4 Å². The van der Waals surface area contributed by atoms with E-state index in [1.807, 2.05) is 58.2 Å². The fraction of sp³-hybridized carbons (Fsp3) is 0.538. The van der Waals surface area contributed by atoms with Gasteiger partial charge in [0.1, 0.15) is 5.75 Å². The first-order chi connectivity index (χ1) is 14.9. The normalized spacial score (nSPS) is 17.2. The third-order valence-corrected chi connectivity index (χ3v) is 6.08. The molecule has 6 heteroatoms. The molecule has 2 heterocycles. The van der Waals surface area contributed by atoms with Crippen LogP contribution in [0.4, 0.5) is 5.69 Å². The third kappa shape index (κ3) is 5.23. The van der Waals surface area contributed by atoms with Crippen molar-refractivity contribution in [2.24, 2.45) is 5.41 Å². The lowest BCUT2D eigenvalue weighted by Crippen LogP contribution is -2.39. The van der Waals surface area contributed by atoms with Crippen molar-refractivity contribution in [1.82, 2.24) is 4.98 Å². The zero-order valence-electron chi connectivity index (χ0n) is 20.4. The topological polar surface area (TPSA) is 71.9 Å². The smallest absolute Gasteiger partial charge is 0.337 e. The fourth-order valence-electron chi connectivity index (χ4n) is 4.25. The van der Waals surface area contributed by atoms with Crippen LogP contribution in [0.5, 0.6) is 5.75 Å². The molecule has 0 unspecified atom stereocenters. The number of carboxylic acid groups (broad SMARTS) is 1. The maximum atomic E-state index is 12.4. The highest BCUT2D eigenvalue weighted by molar-refractivity contribution is 5.88. The van der Waals surface area contributed by atoms with Gasteiger partial charge in [-0.2, -0.15) is 0 Å².